The normalized spacial score (nSPS) is 12.2. The first-order valence-corrected chi connectivity index (χ1v) is 6.80. The summed E-state index contributed by atoms with van der Waals surface area (Å²) in [5, 5.41) is 0. The van der Waals surface area contributed by atoms with E-state index in [2.05, 4.69) is 49.6 Å². The lowest BCUT2D eigenvalue weighted by atomic mass is 9.94. The summed E-state index contributed by atoms with van der Waals surface area (Å²) >= 11 is 0. The molecular weight excluding hydrogens is 248 g/mol. The molecular formula is C17H22N2O. The van der Waals surface area contributed by atoms with Crippen LogP contribution < -0.4 is 16.0 Å². The van der Waals surface area contributed by atoms with Gasteiger partial charge >= 0.3 is 0 Å². The van der Waals surface area contributed by atoms with Crippen molar-refractivity contribution in [1.29, 1.82) is 0 Å². The minimum atomic E-state index is 0.114. The van der Waals surface area contributed by atoms with Crippen LogP contribution >= 0.6 is 0 Å². The number of ether oxygens (including phenoxy) is 1. The summed E-state index contributed by atoms with van der Waals surface area (Å²) in [6, 6.07) is 14.7. The lowest BCUT2D eigenvalue weighted by Gasteiger charge is -2.19. The highest BCUT2D eigenvalue weighted by molar-refractivity contribution is 5.35. The molecule has 0 aliphatic carbocycles. The maximum Gasteiger partial charge on any atom is 0.118 e. The van der Waals surface area contributed by atoms with Gasteiger partial charge in [0.25, 0.3) is 0 Å². The highest BCUT2D eigenvalue weighted by Crippen LogP contribution is 2.23. The Hall–Kier alpha value is -1.84. The molecule has 2 rings (SSSR count). The Labute approximate surface area is 120 Å². The highest BCUT2D eigenvalue weighted by atomic mass is 16.5. The van der Waals surface area contributed by atoms with E-state index in [4.69, 9.17) is 10.6 Å². The van der Waals surface area contributed by atoms with Gasteiger partial charge in [0, 0.05) is 0 Å². The standard InChI is InChI=1S/C17H22N2O/c1-12-4-5-13(2)16(10-12)17(19-18)11-14-6-8-15(20-3)9-7-14/h4-10,17,19H,11,18H2,1-3H3. The van der Waals surface area contributed by atoms with Crippen molar-refractivity contribution >= 4 is 0 Å². The number of nitrogens with one attached hydrogen (secondary N) is 1. The summed E-state index contributed by atoms with van der Waals surface area (Å²) in [6.07, 6.45) is 0.852. The number of benzene rings is 2. The second kappa shape index (κ2) is 6.55. The number of methoxy groups -OCH3 is 1. The summed E-state index contributed by atoms with van der Waals surface area (Å²) in [5.41, 5.74) is 7.92. The number of aryl methyl sites for hydroxylation is 2. The van der Waals surface area contributed by atoms with Crippen molar-refractivity contribution in [2.75, 3.05) is 7.11 Å². The third kappa shape index (κ3) is 3.38. The van der Waals surface area contributed by atoms with Crippen LogP contribution in [-0.4, -0.2) is 7.11 Å². The van der Waals surface area contributed by atoms with Crippen molar-refractivity contribution in [1.82, 2.24) is 5.43 Å². The number of hydrazine groups is 1. The second-order valence-corrected chi connectivity index (χ2v) is 5.13. The van der Waals surface area contributed by atoms with E-state index in [9.17, 15) is 0 Å². The van der Waals surface area contributed by atoms with E-state index in [1.807, 2.05) is 12.1 Å². The lowest BCUT2D eigenvalue weighted by Crippen LogP contribution is -2.30. The monoisotopic (exact) mass is 270 g/mol. The SMILES string of the molecule is COc1ccc(CC(NN)c2cc(C)ccc2C)cc1. The van der Waals surface area contributed by atoms with E-state index in [1.165, 1.54) is 22.3 Å². The van der Waals surface area contributed by atoms with Crippen molar-refractivity contribution in [3.8, 4) is 5.75 Å². The van der Waals surface area contributed by atoms with Gasteiger partial charge in [-0.25, -0.2) is 0 Å². The number of rotatable bonds is 5. The van der Waals surface area contributed by atoms with Crippen LogP contribution in [0.1, 0.15) is 28.3 Å². The zero-order chi connectivity index (χ0) is 14.5. The van der Waals surface area contributed by atoms with Crippen molar-refractivity contribution in [3.63, 3.8) is 0 Å². The Balaban J connectivity index is 2.21. The van der Waals surface area contributed by atoms with E-state index >= 15 is 0 Å². The molecule has 0 radical (unpaired) electrons. The Kier molecular flexibility index (Phi) is 4.77. The van der Waals surface area contributed by atoms with Gasteiger partial charge in [0.2, 0.25) is 0 Å². The Bertz CT molecular complexity index is 564. The van der Waals surface area contributed by atoms with Gasteiger partial charge in [0.05, 0.1) is 13.2 Å². The van der Waals surface area contributed by atoms with Crippen molar-refractivity contribution < 1.29 is 4.74 Å². The van der Waals surface area contributed by atoms with Crippen LogP contribution in [0, 0.1) is 13.8 Å². The Morgan fingerprint density at radius 3 is 2.40 bits per heavy atom. The number of hydrogen-bond acceptors (Lipinski definition) is 3. The molecule has 3 nitrogen and oxygen atoms in total. The van der Waals surface area contributed by atoms with Crippen LogP contribution in [0.25, 0.3) is 0 Å². The first-order valence-electron chi connectivity index (χ1n) is 6.80. The zero-order valence-electron chi connectivity index (χ0n) is 12.3. The molecule has 20 heavy (non-hydrogen) atoms. The highest BCUT2D eigenvalue weighted by Gasteiger charge is 2.13. The quantitative estimate of drug-likeness (QED) is 0.648. The molecule has 0 aliphatic rings. The van der Waals surface area contributed by atoms with Gasteiger partial charge < -0.3 is 4.74 Å². The Morgan fingerprint density at radius 1 is 1.10 bits per heavy atom. The van der Waals surface area contributed by atoms with E-state index in [1.54, 1.807) is 7.11 Å². The lowest BCUT2D eigenvalue weighted by molar-refractivity contribution is 0.414. The van der Waals surface area contributed by atoms with E-state index in [-0.39, 0.29) is 6.04 Å². The van der Waals surface area contributed by atoms with Gasteiger partial charge in [-0.3, -0.25) is 11.3 Å². The third-order valence-corrected chi connectivity index (χ3v) is 3.61. The molecule has 0 aliphatic heterocycles. The largest absolute Gasteiger partial charge is 0.497 e. The average molecular weight is 270 g/mol. The Morgan fingerprint density at radius 2 is 1.80 bits per heavy atom. The van der Waals surface area contributed by atoms with Crippen LogP contribution in [0.5, 0.6) is 5.75 Å². The molecule has 1 unspecified atom stereocenters. The van der Waals surface area contributed by atoms with Crippen LogP contribution in [0.15, 0.2) is 42.5 Å². The molecule has 0 saturated heterocycles. The molecule has 0 fully saturated rings. The van der Waals surface area contributed by atoms with E-state index in [0.29, 0.717) is 0 Å². The fourth-order valence-corrected chi connectivity index (χ4v) is 2.39. The molecule has 0 saturated carbocycles. The molecule has 1 atom stereocenters. The molecule has 0 bridgehead atoms. The topological polar surface area (TPSA) is 47.3 Å². The van der Waals surface area contributed by atoms with Gasteiger partial charge in [-0.05, 0) is 49.1 Å². The van der Waals surface area contributed by atoms with Crippen molar-refractivity contribution in [2.24, 2.45) is 5.84 Å². The molecule has 2 aromatic rings. The molecule has 0 amide bonds. The van der Waals surface area contributed by atoms with Crippen LogP contribution in [-0.2, 0) is 6.42 Å². The van der Waals surface area contributed by atoms with Crippen molar-refractivity contribution in [3.05, 3.63) is 64.7 Å². The van der Waals surface area contributed by atoms with Crippen molar-refractivity contribution in [2.45, 2.75) is 26.3 Å². The minimum absolute atomic E-state index is 0.114. The fraction of sp³-hybridized carbons (Fsp3) is 0.294. The molecule has 3 N–H and O–H groups in total. The first-order chi connectivity index (χ1) is 9.63. The summed E-state index contributed by atoms with van der Waals surface area (Å²) in [5.74, 6) is 6.63. The molecule has 0 aromatic heterocycles. The number of hydrogen-bond donors (Lipinski definition) is 2. The summed E-state index contributed by atoms with van der Waals surface area (Å²) in [7, 11) is 1.68. The number of nitrogens with two attached hydrogens (primary N) is 1. The van der Waals surface area contributed by atoms with Crippen LogP contribution in [0.3, 0.4) is 0 Å². The molecule has 106 valence electrons. The second-order valence-electron chi connectivity index (χ2n) is 5.13. The predicted molar refractivity (Wildman–Crippen MR) is 82.7 cm³/mol. The maximum atomic E-state index is 5.75. The minimum Gasteiger partial charge on any atom is -0.497 e. The zero-order valence-corrected chi connectivity index (χ0v) is 12.3. The molecule has 3 heteroatoms. The van der Waals surface area contributed by atoms with Gasteiger partial charge in [-0.15, -0.1) is 0 Å². The van der Waals surface area contributed by atoms with Crippen LogP contribution in [0.4, 0.5) is 0 Å². The van der Waals surface area contributed by atoms with E-state index in [0.717, 1.165) is 12.2 Å². The summed E-state index contributed by atoms with van der Waals surface area (Å²) in [6.45, 7) is 4.22. The van der Waals surface area contributed by atoms with Gasteiger partial charge in [-0.1, -0.05) is 35.9 Å². The van der Waals surface area contributed by atoms with Gasteiger partial charge in [0.15, 0.2) is 0 Å². The van der Waals surface area contributed by atoms with Crippen LogP contribution in [0.2, 0.25) is 0 Å². The maximum absolute atomic E-state index is 5.75. The molecule has 2 aromatic carbocycles. The smallest absolute Gasteiger partial charge is 0.118 e. The average Bonchev–Trinajstić information content (AvgIpc) is 2.48. The third-order valence-electron chi connectivity index (χ3n) is 3.61. The molecule has 0 spiro atoms. The predicted octanol–water partition coefficient (Wildman–Crippen LogP) is 3.06. The molecule has 0 heterocycles. The summed E-state index contributed by atoms with van der Waals surface area (Å²) < 4.78 is 5.18. The summed E-state index contributed by atoms with van der Waals surface area (Å²) in [4.78, 5) is 0. The van der Waals surface area contributed by atoms with Gasteiger partial charge in [-0.2, -0.15) is 0 Å². The fourth-order valence-electron chi connectivity index (χ4n) is 2.39. The van der Waals surface area contributed by atoms with Gasteiger partial charge in [0.1, 0.15) is 5.75 Å². The van der Waals surface area contributed by atoms with E-state index < -0.39 is 0 Å². The first kappa shape index (κ1) is 14.6.